The molecule has 160 valence electrons. The number of hydrogen-bond donors (Lipinski definition) is 2. The number of halogens is 1. The Morgan fingerprint density at radius 2 is 1.83 bits per heavy atom. The van der Waals surface area contributed by atoms with Gasteiger partial charge in [0.2, 0.25) is 0 Å². The van der Waals surface area contributed by atoms with Gasteiger partial charge in [0.1, 0.15) is 5.82 Å². The van der Waals surface area contributed by atoms with Crippen molar-refractivity contribution in [1.29, 1.82) is 0 Å². The molecule has 0 spiro atoms. The van der Waals surface area contributed by atoms with E-state index in [1.54, 1.807) is 0 Å². The fourth-order valence-corrected chi connectivity index (χ4v) is 4.43. The second-order valence-corrected chi connectivity index (χ2v) is 8.36. The van der Waals surface area contributed by atoms with Crippen molar-refractivity contribution in [2.24, 2.45) is 5.92 Å². The summed E-state index contributed by atoms with van der Waals surface area (Å²) in [6.07, 6.45) is 3.10. The first-order valence-corrected chi connectivity index (χ1v) is 11.0. The SMILES string of the molecule is O=C(NCCCN1CCc2ccccc2C1)NC[C@H]1CCN(c2ccc(F)cc2)C1. The highest BCUT2D eigenvalue weighted by molar-refractivity contribution is 5.73. The number of benzene rings is 2. The summed E-state index contributed by atoms with van der Waals surface area (Å²) in [6, 6.07) is 15.2. The highest BCUT2D eigenvalue weighted by Crippen LogP contribution is 2.23. The van der Waals surface area contributed by atoms with Gasteiger partial charge in [-0.05, 0) is 60.6 Å². The van der Waals surface area contributed by atoms with E-state index in [4.69, 9.17) is 0 Å². The predicted octanol–water partition coefficient (Wildman–Crippen LogP) is 3.40. The van der Waals surface area contributed by atoms with Gasteiger partial charge < -0.3 is 15.5 Å². The molecular weight excluding hydrogens is 379 g/mol. The first-order chi connectivity index (χ1) is 14.7. The molecule has 0 unspecified atom stereocenters. The summed E-state index contributed by atoms with van der Waals surface area (Å²) in [6.45, 7) is 6.30. The van der Waals surface area contributed by atoms with Crippen molar-refractivity contribution >= 4 is 11.7 Å². The number of rotatable bonds is 7. The third-order valence-corrected chi connectivity index (χ3v) is 6.18. The van der Waals surface area contributed by atoms with Crippen LogP contribution in [0.2, 0.25) is 0 Å². The standard InChI is InChI=1S/C24H31FN4O/c25-22-6-8-23(9-7-22)29-15-10-19(17-29)16-27-24(30)26-12-3-13-28-14-11-20-4-1-2-5-21(20)18-28/h1-2,4-9,19H,3,10-18H2,(H2,26,27,30)/t19-/m1/s1. The lowest BCUT2D eigenvalue weighted by Crippen LogP contribution is -2.40. The molecule has 2 aliphatic heterocycles. The van der Waals surface area contributed by atoms with Gasteiger partial charge in [0, 0.05) is 51.5 Å². The lowest BCUT2D eigenvalue weighted by molar-refractivity contribution is 0.233. The molecule has 1 fully saturated rings. The minimum Gasteiger partial charge on any atom is -0.371 e. The number of fused-ring (bicyclic) bond motifs is 1. The van der Waals surface area contributed by atoms with Gasteiger partial charge >= 0.3 is 6.03 Å². The van der Waals surface area contributed by atoms with Crippen LogP contribution >= 0.6 is 0 Å². The van der Waals surface area contributed by atoms with Gasteiger partial charge in [-0.1, -0.05) is 24.3 Å². The van der Waals surface area contributed by atoms with Gasteiger partial charge in [-0.2, -0.15) is 0 Å². The molecule has 0 aliphatic carbocycles. The molecule has 6 heteroatoms. The van der Waals surface area contributed by atoms with Gasteiger partial charge in [0.05, 0.1) is 0 Å². The Labute approximate surface area is 178 Å². The van der Waals surface area contributed by atoms with Crippen molar-refractivity contribution in [3.05, 3.63) is 65.5 Å². The zero-order valence-corrected chi connectivity index (χ0v) is 17.4. The van der Waals surface area contributed by atoms with E-state index in [1.807, 2.05) is 12.1 Å². The summed E-state index contributed by atoms with van der Waals surface area (Å²) in [5.74, 6) is 0.215. The van der Waals surface area contributed by atoms with Gasteiger partial charge in [-0.3, -0.25) is 4.90 Å². The van der Waals surface area contributed by atoms with Crippen LogP contribution in [0.1, 0.15) is 24.0 Å². The highest BCUT2D eigenvalue weighted by Gasteiger charge is 2.23. The monoisotopic (exact) mass is 410 g/mol. The van der Waals surface area contributed by atoms with E-state index in [0.717, 1.165) is 57.7 Å². The molecule has 2 aliphatic rings. The minimum atomic E-state index is -0.210. The summed E-state index contributed by atoms with van der Waals surface area (Å²) in [4.78, 5) is 16.8. The molecule has 2 aromatic rings. The Bertz CT molecular complexity index is 841. The Kier molecular flexibility index (Phi) is 6.84. The largest absolute Gasteiger partial charge is 0.371 e. The van der Waals surface area contributed by atoms with Crippen LogP contribution in [0.5, 0.6) is 0 Å². The molecule has 4 rings (SSSR count). The first-order valence-electron chi connectivity index (χ1n) is 11.0. The van der Waals surface area contributed by atoms with Crippen molar-refractivity contribution in [1.82, 2.24) is 15.5 Å². The number of hydrogen-bond acceptors (Lipinski definition) is 3. The van der Waals surface area contributed by atoms with E-state index >= 15 is 0 Å². The molecule has 2 heterocycles. The van der Waals surface area contributed by atoms with Crippen LogP contribution in [-0.2, 0) is 13.0 Å². The summed E-state index contributed by atoms with van der Waals surface area (Å²) in [5, 5.41) is 5.99. The quantitative estimate of drug-likeness (QED) is 0.688. The fraction of sp³-hybridized carbons (Fsp3) is 0.458. The maximum atomic E-state index is 13.1. The van der Waals surface area contributed by atoms with E-state index in [0.29, 0.717) is 19.0 Å². The van der Waals surface area contributed by atoms with Crippen molar-refractivity contribution in [3.63, 3.8) is 0 Å². The van der Waals surface area contributed by atoms with Crippen LogP contribution in [-0.4, -0.2) is 50.2 Å². The molecule has 0 saturated carbocycles. The molecule has 0 radical (unpaired) electrons. The number of urea groups is 1. The van der Waals surface area contributed by atoms with E-state index in [1.165, 1.54) is 23.3 Å². The van der Waals surface area contributed by atoms with Gasteiger partial charge in [0.25, 0.3) is 0 Å². The lowest BCUT2D eigenvalue weighted by atomic mass is 10.00. The van der Waals surface area contributed by atoms with Crippen LogP contribution in [0.4, 0.5) is 14.9 Å². The van der Waals surface area contributed by atoms with E-state index in [-0.39, 0.29) is 11.8 Å². The van der Waals surface area contributed by atoms with Crippen molar-refractivity contribution in [2.45, 2.75) is 25.8 Å². The molecule has 1 saturated heterocycles. The second-order valence-electron chi connectivity index (χ2n) is 8.36. The van der Waals surface area contributed by atoms with Crippen LogP contribution in [0.25, 0.3) is 0 Å². The third-order valence-electron chi connectivity index (χ3n) is 6.18. The summed E-state index contributed by atoms with van der Waals surface area (Å²) in [7, 11) is 0. The maximum Gasteiger partial charge on any atom is 0.314 e. The molecule has 2 aromatic carbocycles. The topological polar surface area (TPSA) is 47.6 Å². The molecule has 30 heavy (non-hydrogen) atoms. The molecule has 2 N–H and O–H groups in total. The second kappa shape index (κ2) is 9.94. The molecule has 0 aromatic heterocycles. The zero-order chi connectivity index (χ0) is 20.8. The first kappa shape index (κ1) is 20.7. The van der Waals surface area contributed by atoms with Crippen molar-refractivity contribution < 1.29 is 9.18 Å². The van der Waals surface area contributed by atoms with Gasteiger partial charge in [0.15, 0.2) is 0 Å². The molecule has 5 nitrogen and oxygen atoms in total. The van der Waals surface area contributed by atoms with E-state index < -0.39 is 0 Å². The molecule has 2 amide bonds. The number of carbonyl (C=O) groups excluding carboxylic acids is 1. The lowest BCUT2D eigenvalue weighted by Gasteiger charge is -2.28. The smallest absolute Gasteiger partial charge is 0.314 e. The summed E-state index contributed by atoms with van der Waals surface area (Å²) < 4.78 is 13.1. The Balaban J connectivity index is 1.09. The number of anilines is 1. The summed E-state index contributed by atoms with van der Waals surface area (Å²) >= 11 is 0. The Morgan fingerprint density at radius 3 is 2.67 bits per heavy atom. The van der Waals surface area contributed by atoms with E-state index in [2.05, 4.69) is 44.7 Å². The van der Waals surface area contributed by atoms with Crippen LogP contribution in [0.15, 0.2) is 48.5 Å². The van der Waals surface area contributed by atoms with E-state index in [9.17, 15) is 9.18 Å². The Morgan fingerprint density at radius 1 is 1.03 bits per heavy atom. The van der Waals surface area contributed by atoms with Crippen LogP contribution in [0.3, 0.4) is 0 Å². The fourth-order valence-electron chi connectivity index (χ4n) is 4.43. The number of carbonyl (C=O) groups is 1. The summed E-state index contributed by atoms with van der Waals surface area (Å²) in [5.41, 5.74) is 3.94. The molecule has 1 atom stereocenters. The van der Waals surface area contributed by atoms with Crippen LogP contribution in [0, 0.1) is 11.7 Å². The molecular formula is C24H31FN4O. The van der Waals surface area contributed by atoms with Crippen molar-refractivity contribution in [2.75, 3.05) is 44.2 Å². The average molecular weight is 411 g/mol. The predicted molar refractivity (Wildman–Crippen MR) is 118 cm³/mol. The Hall–Kier alpha value is -2.60. The number of nitrogens with one attached hydrogen (secondary N) is 2. The number of nitrogens with zero attached hydrogens (tertiary/aromatic N) is 2. The normalized spacial score (nSPS) is 18.8. The number of amides is 2. The van der Waals surface area contributed by atoms with Crippen molar-refractivity contribution in [3.8, 4) is 0 Å². The third kappa shape index (κ3) is 5.51. The van der Waals surface area contributed by atoms with Crippen LogP contribution < -0.4 is 15.5 Å². The maximum absolute atomic E-state index is 13.1. The molecule has 0 bridgehead atoms. The van der Waals surface area contributed by atoms with Gasteiger partial charge in [-0.25, -0.2) is 9.18 Å². The minimum absolute atomic E-state index is 0.0841. The highest BCUT2D eigenvalue weighted by atomic mass is 19.1. The zero-order valence-electron chi connectivity index (χ0n) is 17.4. The van der Waals surface area contributed by atoms with Gasteiger partial charge in [-0.15, -0.1) is 0 Å². The average Bonchev–Trinajstić information content (AvgIpc) is 3.25.